The maximum Gasteiger partial charge on any atom is 0.184 e. The molecule has 2 heterocycles. The van der Waals surface area contributed by atoms with Gasteiger partial charge in [-0.15, -0.1) is 0 Å². The summed E-state index contributed by atoms with van der Waals surface area (Å²) in [6.45, 7) is 4.08. The first kappa shape index (κ1) is 12.9. The van der Waals surface area contributed by atoms with Gasteiger partial charge < -0.3 is 9.72 Å². The molecule has 0 saturated carbocycles. The zero-order chi connectivity index (χ0) is 14.3. The van der Waals surface area contributed by atoms with E-state index in [4.69, 9.17) is 17.0 Å². The van der Waals surface area contributed by atoms with Gasteiger partial charge in [-0.1, -0.05) is 6.07 Å². The number of hydrogen-bond acceptors (Lipinski definition) is 3. The number of pyridine rings is 1. The number of rotatable bonds is 2. The van der Waals surface area contributed by atoms with Crippen molar-refractivity contribution in [1.82, 2.24) is 14.5 Å². The molecule has 0 saturated heterocycles. The smallest absolute Gasteiger partial charge is 0.184 e. The number of aryl methyl sites for hydroxylation is 2. The molecule has 0 aliphatic heterocycles. The third-order valence-electron chi connectivity index (χ3n) is 3.36. The molecule has 0 aliphatic carbocycles. The fraction of sp³-hybridized carbons (Fsp3) is 0.200. The zero-order valence-corrected chi connectivity index (χ0v) is 12.4. The van der Waals surface area contributed by atoms with Crippen LogP contribution in [-0.4, -0.2) is 21.6 Å². The fourth-order valence-electron chi connectivity index (χ4n) is 2.33. The SMILES string of the molecule is COc1ccc(C)cc1-n1c(=S)[nH]c2c(C)ccnc21. The van der Waals surface area contributed by atoms with Crippen molar-refractivity contribution < 1.29 is 4.74 Å². The molecule has 1 N–H and O–H groups in total. The predicted molar refractivity (Wildman–Crippen MR) is 82.3 cm³/mol. The highest BCUT2D eigenvalue weighted by atomic mass is 32.1. The minimum absolute atomic E-state index is 0.616. The van der Waals surface area contributed by atoms with Crippen molar-refractivity contribution in [3.8, 4) is 11.4 Å². The number of imidazole rings is 1. The Bertz CT molecular complexity index is 848. The quantitative estimate of drug-likeness (QED) is 0.730. The Kier molecular flexibility index (Phi) is 3.06. The van der Waals surface area contributed by atoms with E-state index in [9.17, 15) is 0 Å². The molecule has 0 fully saturated rings. The molecule has 4 nitrogen and oxygen atoms in total. The third-order valence-corrected chi connectivity index (χ3v) is 3.65. The van der Waals surface area contributed by atoms with E-state index in [0.717, 1.165) is 33.7 Å². The summed E-state index contributed by atoms with van der Waals surface area (Å²) in [7, 11) is 1.66. The largest absolute Gasteiger partial charge is 0.495 e. The summed E-state index contributed by atoms with van der Waals surface area (Å²) in [5.74, 6) is 0.774. The molecule has 0 amide bonds. The van der Waals surface area contributed by atoms with Crippen molar-refractivity contribution in [2.45, 2.75) is 13.8 Å². The summed E-state index contributed by atoms with van der Waals surface area (Å²) in [6.07, 6.45) is 1.79. The topological polar surface area (TPSA) is 42.8 Å². The van der Waals surface area contributed by atoms with Crippen LogP contribution in [0, 0.1) is 18.6 Å². The van der Waals surface area contributed by atoms with Crippen LogP contribution in [0.25, 0.3) is 16.9 Å². The molecule has 3 rings (SSSR count). The number of benzene rings is 1. The number of fused-ring (bicyclic) bond motifs is 1. The Morgan fingerprint density at radius 1 is 1.25 bits per heavy atom. The summed E-state index contributed by atoms with van der Waals surface area (Å²) < 4.78 is 7.99. The normalized spacial score (nSPS) is 10.9. The number of nitrogens with zero attached hydrogens (tertiary/aromatic N) is 2. The number of hydrogen-bond donors (Lipinski definition) is 1. The summed E-state index contributed by atoms with van der Waals surface area (Å²) in [5.41, 5.74) is 4.94. The summed E-state index contributed by atoms with van der Waals surface area (Å²) in [5, 5.41) is 0. The van der Waals surface area contributed by atoms with Gasteiger partial charge in [0.15, 0.2) is 10.4 Å². The fourth-order valence-corrected chi connectivity index (χ4v) is 2.61. The van der Waals surface area contributed by atoms with Crippen LogP contribution < -0.4 is 4.74 Å². The van der Waals surface area contributed by atoms with Crippen LogP contribution in [0.5, 0.6) is 5.75 Å². The van der Waals surface area contributed by atoms with Crippen molar-refractivity contribution >= 4 is 23.4 Å². The van der Waals surface area contributed by atoms with E-state index in [1.54, 1.807) is 13.3 Å². The Morgan fingerprint density at radius 3 is 2.80 bits per heavy atom. The number of H-pyrrole nitrogens is 1. The Labute approximate surface area is 122 Å². The predicted octanol–water partition coefficient (Wildman–Crippen LogP) is 3.71. The van der Waals surface area contributed by atoms with E-state index in [0.29, 0.717) is 4.77 Å². The highest BCUT2D eigenvalue weighted by Crippen LogP contribution is 2.28. The lowest BCUT2D eigenvalue weighted by molar-refractivity contribution is 0.413. The molecule has 102 valence electrons. The molecule has 0 radical (unpaired) electrons. The van der Waals surface area contributed by atoms with Gasteiger partial charge in [0.1, 0.15) is 5.75 Å². The first-order valence-electron chi connectivity index (χ1n) is 6.33. The van der Waals surface area contributed by atoms with Gasteiger partial charge in [-0.3, -0.25) is 4.57 Å². The molecular weight excluding hydrogens is 270 g/mol. The van der Waals surface area contributed by atoms with Gasteiger partial charge >= 0.3 is 0 Å². The molecule has 5 heteroatoms. The van der Waals surface area contributed by atoms with Crippen molar-refractivity contribution in [2.24, 2.45) is 0 Å². The van der Waals surface area contributed by atoms with Crippen LogP contribution in [-0.2, 0) is 0 Å². The van der Waals surface area contributed by atoms with Crippen LogP contribution in [0.4, 0.5) is 0 Å². The summed E-state index contributed by atoms with van der Waals surface area (Å²) in [6, 6.07) is 7.97. The third kappa shape index (κ3) is 1.91. The zero-order valence-electron chi connectivity index (χ0n) is 11.6. The molecule has 1 aromatic carbocycles. The second kappa shape index (κ2) is 4.76. The number of nitrogens with one attached hydrogen (secondary N) is 1. The monoisotopic (exact) mass is 285 g/mol. The standard InChI is InChI=1S/C15H15N3OS/c1-9-4-5-12(19-3)11(8-9)18-14-13(17-15(18)20)10(2)6-7-16-14/h4-8H,1-3H3,(H,17,20). The van der Waals surface area contributed by atoms with E-state index in [2.05, 4.69) is 9.97 Å². The second-order valence-corrected chi connectivity index (χ2v) is 5.15. The average molecular weight is 285 g/mol. The first-order valence-corrected chi connectivity index (χ1v) is 6.74. The minimum atomic E-state index is 0.616. The number of ether oxygens (including phenoxy) is 1. The highest BCUT2D eigenvalue weighted by Gasteiger charge is 2.13. The van der Waals surface area contributed by atoms with E-state index < -0.39 is 0 Å². The van der Waals surface area contributed by atoms with Crippen LogP contribution >= 0.6 is 12.2 Å². The lowest BCUT2D eigenvalue weighted by Crippen LogP contribution is -2.00. The lowest BCUT2D eigenvalue weighted by atomic mass is 10.2. The average Bonchev–Trinajstić information content (AvgIpc) is 2.76. The number of aromatic amines is 1. The van der Waals surface area contributed by atoms with Crippen LogP contribution in [0.1, 0.15) is 11.1 Å². The van der Waals surface area contributed by atoms with Crippen molar-refractivity contribution in [3.05, 3.63) is 46.4 Å². The number of aromatic nitrogens is 3. The molecule has 3 aromatic rings. The molecule has 0 aliphatic rings. The Morgan fingerprint density at radius 2 is 2.05 bits per heavy atom. The van der Waals surface area contributed by atoms with Crippen molar-refractivity contribution in [3.63, 3.8) is 0 Å². The molecular formula is C15H15N3OS. The van der Waals surface area contributed by atoms with Gasteiger partial charge in [-0.25, -0.2) is 4.98 Å². The lowest BCUT2D eigenvalue weighted by Gasteiger charge is -2.10. The second-order valence-electron chi connectivity index (χ2n) is 4.77. The van der Waals surface area contributed by atoms with Crippen LogP contribution in [0.3, 0.4) is 0 Å². The minimum Gasteiger partial charge on any atom is -0.495 e. The van der Waals surface area contributed by atoms with Gasteiger partial charge in [-0.2, -0.15) is 0 Å². The van der Waals surface area contributed by atoms with Crippen molar-refractivity contribution in [1.29, 1.82) is 0 Å². The van der Waals surface area contributed by atoms with Gasteiger partial charge in [0.05, 0.1) is 18.3 Å². The number of methoxy groups -OCH3 is 1. The molecule has 20 heavy (non-hydrogen) atoms. The molecule has 0 atom stereocenters. The molecule has 0 spiro atoms. The van der Waals surface area contributed by atoms with Crippen molar-refractivity contribution in [2.75, 3.05) is 7.11 Å². The Balaban J connectivity index is 2.41. The Hall–Kier alpha value is -2.14. The maximum absolute atomic E-state index is 5.46. The first-order chi connectivity index (χ1) is 9.61. The molecule has 0 bridgehead atoms. The van der Waals surface area contributed by atoms with Gasteiger partial charge in [-0.05, 0) is 55.4 Å². The summed E-state index contributed by atoms with van der Waals surface area (Å²) in [4.78, 5) is 7.68. The van der Waals surface area contributed by atoms with E-state index in [-0.39, 0.29) is 0 Å². The van der Waals surface area contributed by atoms with Crippen LogP contribution in [0.2, 0.25) is 0 Å². The maximum atomic E-state index is 5.46. The van der Waals surface area contributed by atoms with Gasteiger partial charge in [0, 0.05) is 6.20 Å². The highest BCUT2D eigenvalue weighted by molar-refractivity contribution is 7.71. The van der Waals surface area contributed by atoms with Gasteiger partial charge in [0.2, 0.25) is 0 Å². The van der Waals surface area contributed by atoms with Gasteiger partial charge in [0.25, 0.3) is 0 Å². The van der Waals surface area contributed by atoms with E-state index in [1.165, 1.54) is 0 Å². The van der Waals surface area contributed by atoms with E-state index >= 15 is 0 Å². The summed E-state index contributed by atoms with van der Waals surface area (Å²) >= 11 is 5.46. The molecule has 2 aromatic heterocycles. The van der Waals surface area contributed by atoms with Crippen LogP contribution in [0.15, 0.2) is 30.5 Å². The van der Waals surface area contributed by atoms with E-state index in [1.807, 2.05) is 42.7 Å². The molecule has 0 unspecified atom stereocenters.